The van der Waals surface area contributed by atoms with E-state index in [2.05, 4.69) is 77.1 Å². The maximum absolute atomic E-state index is 2.17. The molecule has 0 heterocycles. The zero-order valence-electron chi connectivity index (χ0n) is 11.5. The summed E-state index contributed by atoms with van der Waals surface area (Å²) in [5, 5.41) is 0. The fraction of sp³-hybridized carbons (Fsp3) is 0.294. The Morgan fingerprint density at radius 2 is 1.00 bits per heavy atom. The first-order valence-corrected chi connectivity index (χ1v) is 6.07. The van der Waals surface area contributed by atoms with Crippen LogP contribution in [-0.4, -0.2) is 0 Å². The summed E-state index contributed by atoms with van der Waals surface area (Å²) in [6, 6.07) is 14.8. The van der Waals surface area contributed by atoms with Crippen LogP contribution in [0.15, 0.2) is 42.5 Å². The maximum atomic E-state index is 2.17. The molecule has 2 rings (SSSR count). The van der Waals surface area contributed by atoms with E-state index in [0.717, 1.165) is 0 Å². The van der Waals surface area contributed by atoms with Crippen LogP contribution in [0, 0.1) is 34.6 Å². The molecule has 0 fully saturated rings. The van der Waals surface area contributed by atoms with Crippen LogP contribution >= 0.6 is 0 Å². The molecule has 0 nitrogen and oxygen atoms in total. The molecule has 0 aromatic heterocycles. The predicted octanol–water partition coefficient (Wildman–Crippen LogP) is 4.92. The Bertz CT molecular complexity index is 444. The van der Waals surface area contributed by atoms with Gasteiger partial charge < -0.3 is 0 Å². The van der Waals surface area contributed by atoms with Crippen LogP contribution in [0.1, 0.15) is 27.8 Å². The number of rotatable bonds is 0. The van der Waals surface area contributed by atoms with E-state index in [1.165, 1.54) is 27.8 Å². The quantitative estimate of drug-likeness (QED) is 0.598. The van der Waals surface area contributed by atoms with Crippen molar-refractivity contribution in [2.24, 2.45) is 0 Å². The summed E-state index contributed by atoms with van der Waals surface area (Å²) in [6.45, 7) is 10.6. The third-order valence-corrected chi connectivity index (χ3v) is 3.05. The minimum Gasteiger partial charge on any atom is -0.0617 e. The van der Waals surface area contributed by atoms with Crippen LogP contribution in [-0.2, 0) is 0 Å². The van der Waals surface area contributed by atoms with Crippen molar-refractivity contribution >= 4 is 0 Å². The Morgan fingerprint density at radius 3 is 1.29 bits per heavy atom. The van der Waals surface area contributed by atoms with Crippen molar-refractivity contribution in [1.82, 2.24) is 0 Å². The molecule has 0 amide bonds. The summed E-state index contributed by atoms with van der Waals surface area (Å²) in [4.78, 5) is 0. The van der Waals surface area contributed by atoms with E-state index >= 15 is 0 Å². The molecule has 0 aliphatic rings. The summed E-state index contributed by atoms with van der Waals surface area (Å²) in [5.41, 5.74) is 6.86. The summed E-state index contributed by atoms with van der Waals surface area (Å²) in [6.07, 6.45) is 0. The number of hydrogen-bond acceptors (Lipinski definition) is 0. The Hall–Kier alpha value is -1.56. The fourth-order valence-corrected chi connectivity index (χ4v) is 1.70. The lowest BCUT2D eigenvalue weighted by molar-refractivity contribution is 1.27. The van der Waals surface area contributed by atoms with E-state index in [4.69, 9.17) is 0 Å². The molecule has 0 N–H and O–H groups in total. The van der Waals surface area contributed by atoms with Gasteiger partial charge in [0.05, 0.1) is 0 Å². The van der Waals surface area contributed by atoms with Gasteiger partial charge in [-0.3, -0.25) is 0 Å². The molecule has 2 aromatic carbocycles. The van der Waals surface area contributed by atoms with Crippen molar-refractivity contribution in [2.45, 2.75) is 34.6 Å². The number of benzene rings is 2. The Balaban J connectivity index is 0.000000171. The van der Waals surface area contributed by atoms with Gasteiger partial charge in [0.2, 0.25) is 0 Å². The van der Waals surface area contributed by atoms with E-state index in [0.29, 0.717) is 0 Å². The Morgan fingerprint density at radius 1 is 0.588 bits per heavy atom. The molecule has 90 valence electrons. The molecular formula is C17H22. The third-order valence-electron chi connectivity index (χ3n) is 3.05. The van der Waals surface area contributed by atoms with E-state index in [1.54, 1.807) is 0 Å². The molecule has 0 saturated heterocycles. The van der Waals surface area contributed by atoms with Gasteiger partial charge in [-0.05, 0) is 51.3 Å². The smallest absolute Gasteiger partial charge is 0.0392 e. The van der Waals surface area contributed by atoms with Crippen LogP contribution < -0.4 is 0 Å². The van der Waals surface area contributed by atoms with Gasteiger partial charge in [-0.1, -0.05) is 53.6 Å². The third kappa shape index (κ3) is 4.44. The normalized spacial score (nSPS) is 9.47. The van der Waals surface area contributed by atoms with Gasteiger partial charge in [0, 0.05) is 0 Å². The summed E-state index contributed by atoms with van der Waals surface area (Å²) in [7, 11) is 0. The molecule has 0 aliphatic heterocycles. The number of hydrogen-bond donors (Lipinski definition) is 0. The molecule has 17 heavy (non-hydrogen) atoms. The summed E-state index contributed by atoms with van der Waals surface area (Å²) >= 11 is 0. The first kappa shape index (κ1) is 13.5. The van der Waals surface area contributed by atoms with Crippen molar-refractivity contribution in [2.75, 3.05) is 0 Å². The summed E-state index contributed by atoms with van der Waals surface area (Å²) in [5.74, 6) is 0. The fourth-order valence-electron chi connectivity index (χ4n) is 1.70. The van der Waals surface area contributed by atoms with Gasteiger partial charge in [-0.25, -0.2) is 0 Å². The second kappa shape index (κ2) is 6.24. The van der Waals surface area contributed by atoms with E-state index in [-0.39, 0.29) is 0 Å². The zero-order valence-corrected chi connectivity index (χ0v) is 11.5. The van der Waals surface area contributed by atoms with Crippen molar-refractivity contribution in [3.05, 3.63) is 70.3 Å². The van der Waals surface area contributed by atoms with Gasteiger partial charge in [-0.15, -0.1) is 0 Å². The molecule has 0 radical (unpaired) electrons. The second-order valence-corrected chi connectivity index (χ2v) is 4.67. The zero-order chi connectivity index (χ0) is 12.8. The lowest BCUT2D eigenvalue weighted by Gasteiger charge is -2.00. The Labute approximate surface area is 105 Å². The molecule has 2 aromatic rings. The van der Waals surface area contributed by atoms with Crippen molar-refractivity contribution in [3.63, 3.8) is 0 Å². The molecule has 0 heteroatoms. The highest BCUT2D eigenvalue weighted by atomic mass is 14.0. The maximum Gasteiger partial charge on any atom is -0.0392 e. The van der Waals surface area contributed by atoms with Crippen LogP contribution in [0.2, 0.25) is 0 Å². The highest BCUT2D eigenvalue weighted by Crippen LogP contribution is 2.09. The lowest BCUT2D eigenvalue weighted by atomic mass is 10.1. The summed E-state index contributed by atoms with van der Waals surface area (Å²) < 4.78 is 0. The standard InChI is InChI=1S/C9H12.C8H10/c1-7-5-4-6-8(2)9(7)3;1-7-4-3-5-8(2)6-7/h4-6H,1-3H3;3-6H,1-2H3. The Kier molecular flexibility index (Phi) is 4.96. The average Bonchev–Trinajstić information content (AvgIpc) is 2.26. The average molecular weight is 226 g/mol. The monoisotopic (exact) mass is 226 g/mol. The highest BCUT2D eigenvalue weighted by Gasteiger charge is 1.91. The first-order valence-electron chi connectivity index (χ1n) is 6.07. The minimum absolute atomic E-state index is 1.34. The lowest BCUT2D eigenvalue weighted by Crippen LogP contribution is -1.82. The molecule has 0 bridgehead atoms. The minimum atomic E-state index is 1.34. The second-order valence-electron chi connectivity index (χ2n) is 4.67. The SMILES string of the molecule is Cc1cccc(C)c1.Cc1cccc(C)c1C. The molecule has 0 aliphatic carbocycles. The van der Waals surface area contributed by atoms with E-state index < -0.39 is 0 Å². The highest BCUT2D eigenvalue weighted by molar-refractivity contribution is 5.31. The van der Waals surface area contributed by atoms with Crippen LogP contribution in [0.5, 0.6) is 0 Å². The van der Waals surface area contributed by atoms with Crippen LogP contribution in [0.4, 0.5) is 0 Å². The van der Waals surface area contributed by atoms with Crippen molar-refractivity contribution < 1.29 is 0 Å². The topological polar surface area (TPSA) is 0 Å². The molecule has 0 unspecified atom stereocenters. The molecular weight excluding hydrogens is 204 g/mol. The van der Waals surface area contributed by atoms with E-state index in [1.807, 2.05) is 0 Å². The largest absolute Gasteiger partial charge is 0.0617 e. The van der Waals surface area contributed by atoms with Gasteiger partial charge in [0.15, 0.2) is 0 Å². The van der Waals surface area contributed by atoms with Crippen molar-refractivity contribution in [3.8, 4) is 0 Å². The predicted molar refractivity (Wildman–Crippen MR) is 76.6 cm³/mol. The van der Waals surface area contributed by atoms with Crippen LogP contribution in [0.3, 0.4) is 0 Å². The molecule has 0 spiro atoms. The first-order chi connectivity index (χ1) is 8.00. The molecule has 0 atom stereocenters. The molecule has 0 saturated carbocycles. The van der Waals surface area contributed by atoms with Crippen LogP contribution in [0.25, 0.3) is 0 Å². The van der Waals surface area contributed by atoms with Gasteiger partial charge in [-0.2, -0.15) is 0 Å². The van der Waals surface area contributed by atoms with Gasteiger partial charge >= 0.3 is 0 Å². The van der Waals surface area contributed by atoms with Gasteiger partial charge in [0.1, 0.15) is 0 Å². The van der Waals surface area contributed by atoms with E-state index in [9.17, 15) is 0 Å². The van der Waals surface area contributed by atoms with Crippen molar-refractivity contribution in [1.29, 1.82) is 0 Å². The number of aryl methyl sites for hydroxylation is 4. The van der Waals surface area contributed by atoms with Gasteiger partial charge in [0.25, 0.3) is 0 Å².